The van der Waals surface area contributed by atoms with Crippen LogP contribution in [0.1, 0.15) is 30.1 Å². The average Bonchev–Trinajstić information content (AvgIpc) is 2.29. The number of rotatable bonds is 2. The van der Waals surface area contributed by atoms with Crippen LogP contribution in [0, 0.1) is 12.8 Å². The molecule has 1 heterocycles. The lowest BCUT2D eigenvalue weighted by Gasteiger charge is -2.30. The fourth-order valence-corrected chi connectivity index (χ4v) is 2.53. The first kappa shape index (κ1) is 11.0. The van der Waals surface area contributed by atoms with Gasteiger partial charge in [-0.05, 0) is 25.3 Å². The Kier molecular flexibility index (Phi) is 3.66. The maximum absolute atomic E-state index is 5.98. The molecule has 0 bridgehead atoms. The highest BCUT2D eigenvalue weighted by Gasteiger charge is 2.26. The third kappa shape index (κ3) is 2.53. The first-order chi connectivity index (χ1) is 7.31. The molecule has 0 aliphatic carbocycles. The summed E-state index contributed by atoms with van der Waals surface area (Å²) in [7, 11) is 0. The van der Waals surface area contributed by atoms with E-state index in [9.17, 15) is 0 Å². The molecule has 15 heavy (non-hydrogen) atoms. The van der Waals surface area contributed by atoms with Crippen LogP contribution in [-0.4, -0.2) is 12.5 Å². The van der Waals surface area contributed by atoms with E-state index in [0.717, 1.165) is 13.0 Å². The highest BCUT2D eigenvalue weighted by atomic mass is 35.5. The van der Waals surface area contributed by atoms with Gasteiger partial charge in [-0.15, -0.1) is 11.6 Å². The SMILES string of the molecule is Cc1cccc(C2OCCCC2CCl)c1. The van der Waals surface area contributed by atoms with Crippen molar-refractivity contribution in [1.82, 2.24) is 0 Å². The normalized spacial score (nSPS) is 26.5. The van der Waals surface area contributed by atoms with Crippen molar-refractivity contribution < 1.29 is 4.74 Å². The molecule has 1 aromatic carbocycles. The molecule has 2 unspecified atom stereocenters. The van der Waals surface area contributed by atoms with E-state index in [-0.39, 0.29) is 6.10 Å². The molecular weight excluding hydrogens is 208 g/mol. The van der Waals surface area contributed by atoms with E-state index in [4.69, 9.17) is 16.3 Å². The molecule has 1 aliphatic rings. The van der Waals surface area contributed by atoms with E-state index < -0.39 is 0 Å². The van der Waals surface area contributed by atoms with Crippen LogP contribution in [0.25, 0.3) is 0 Å². The molecule has 0 radical (unpaired) electrons. The van der Waals surface area contributed by atoms with Gasteiger partial charge in [0.25, 0.3) is 0 Å². The fraction of sp³-hybridized carbons (Fsp3) is 0.538. The van der Waals surface area contributed by atoms with Crippen molar-refractivity contribution >= 4 is 11.6 Å². The number of hydrogen-bond donors (Lipinski definition) is 0. The summed E-state index contributed by atoms with van der Waals surface area (Å²) in [6, 6.07) is 8.55. The summed E-state index contributed by atoms with van der Waals surface area (Å²) in [5, 5.41) is 0. The average molecular weight is 225 g/mol. The Hall–Kier alpha value is -0.530. The molecule has 2 atom stereocenters. The van der Waals surface area contributed by atoms with Crippen LogP contribution in [0.3, 0.4) is 0 Å². The van der Waals surface area contributed by atoms with E-state index in [1.165, 1.54) is 17.5 Å². The number of halogens is 1. The summed E-state index contributed by atoms with van der Waals surface area (Å²) in [5.41, 5.74) is 2.57. The summed E-state index contributed by atoms with van der Waals surface area (Å²) in [6.45, 7) is 2.98. The van der Waals surface area contributed by atoms with E-state index in [1.807, 2.05) is 0 Å². The molecule has 0 aromatic heterocycles. The van der Waals surface area contributed by atoms with Crippen molar-refractivity contribution in [3.8, 4) is 0 Å². The van der Waals surface area contributed by atoms with Gasteiger partial charge in [0, 0.05) is 18.4 Å². The minimum absolute atomic E-state index is 0.205. The van der Waals surface area contributed by atoms with Gasteiger partial charge >= 0.3 is 0 Å². The van der Waals surface area contributed by atoms with E-state index in [2.05, 4.69) is 31.2 Å². The zero-order valence-electron chi connectivity index (χ0n) is 9.08. The van der Waals surface area contributed by atoms with E-state index in [0.29, 0.717) is 11.8 Å². The lowest BCUT2D eigenvalue weighted by Crippen LogP contribution is -2.23. The molecule has 0 spiro atoms. The summed E-state index contributed by atoms with van der Waals surface area (Å²) in [6.07, 6.45) is 2.53. The fourth-order valence-electron chi connectivity index (χ4n) is 2.22. The van der Waals surface area contributed by atoms with Gasteiger partial charge in [0.05, 0.1) is 6.10 Å². The van der Waals surface area contributed by atoms with Crippen molar-refractivity contribution in [3.05, 3.63) is 35.4 Å². The minimum atomic E-state index is 0.205. The predicted octanol–water partition coefficient (Wildman–Crippen LogP) is 3.70. The first-order valence-corrected chi connectivity index (χ1v) is 6.09. The van der Waals surface area contributed by atoms with Gasteiger partial charge in [0.2, 0.25) is 0 Å². The second-order valence-corrected chi connectivity index (χ2v) is 4.57. The van der Waals surface area contributed by atoms with Crippen LogP contribution >= 0.6 is 11.6 Å². The van der Waals surface area contributed by atoms with Gasteiger partial charge in [-0.25, -0.2) is 0 Å². The molecule has 0 saturated carbocycles. The Labute approximate surface area is 96.4 Å². The molecule has 1 aliphatic heterocycles. The zero-order chi connectivity index (χ0) is 10.7. The number of ether oxygens (including phenoxy) is 1. The van der Waals surface area contributed by atoms with Gasteiger partial charge in [0.1, 0.15) is 0 Å². The van der Waals surface area contributed by atoms with Gasteiger partial charge in [-0.1, -0.05) is 29.8 Å². The van der Waals surface area contributed by atoms with Gasteiger partial charge in [-0.2, -0.15) is 0 Å². The van der Waals surface area contributed by atoms with Crippen molar-refractivity contribution in [2.75, 3.05) is 12.5 Å². The largest absolute Gasteiger partial charge is 0.373 e. The Bertz CT molecular complexity index is 324. The summed E-state index contributed by atoms with van der Waals surface area (Å²) in [4.78, 5) is 0. The molecule has 0 amide bonds. The molecule has 0 N–H and O–H groups in total. The Morgan fingerprint density at radius 2 is 2.33 bits per heavy atom. The maximum atomic E-state index is 5.98. The summed E-state index contributed by atoms with van der Waals surface area (Å²) < 4.78 is 5.84. The van der Waals surface area contributed by atoms with Crippen LogP contribution in [0.15, 0.2) is 24.3 Å². The van der Waals surface area contributed by atoms with Gasteiger partial charge < -0.3 is 4.74 Å². The summed E-state index contributed by atoms with van der Waals surface area (Å²) in [5.74, 6) is 1.17. The minimum Gasteiger partial charge on any atom is -0.373 e. The second kappa shape index (κ2) is 5.00. The Balaban J connectivity index is 2.20. The van der Waals surface area contributed by atoms with Crippen LogP contribution in [0.5, 0.6) is 0 Å². The Morgan fingerprint density at radius 3 is 3.07 bits per heavy atom. The number of benzene rings is 1. The predicted molar refractivity (Wildman–Crippen MR) is 63.3 cm³/mol. The summed E-state index contributed by atoms with van der Waals surface area (Å²) >= 11 is 5.98. The molecule has 1 aromatic rings. The van der Waals surface area contributed by atoms with Crippen molar-refractivity contribution in [3.63, 3.8) is 0 Å². The van der Waals surface area contributed by atoms with Crippen LogP contribution in [0.4, 0.5) is 0 Å². The topological polar surface area (TPSA) is 9.23 Å². The maximum Gasteiger partial charge on any atom is 0.0864 e. The van der Waals surface area contributed by atoms with Crippen LogP contribution < -0.4 is 0 Å². The van der Waals surface area contributed by atoms with Crippen molar-refractivity contribution in [1.29, 1.82) is 0 Å². The van der Waals surface area contributed by atoms with Gasteiger partial charge in [-0.3, -0.25) is 0 Å². The first-order valence-electron chi connectivity index (χ1n) is 5.55. The molecule has 1 fully saturated rings. The van der Waals surface area contributed by atoms with Crippen molar-refractivity contribution in [2.24, 2.45) is 5.92 Å². The molecule has 1 nitrogen and oxygen atoms in total. The van der Waals surface area contributed by atoms with Crippen LogP contribution in [-0.2, 0) is 4.74 Å². The lowest BCUT2D eigenvalue weighted by molar-refractivity contribution is -0.0208. The van der Waals surface area contributed by atoms with Crippen LogP contribution in [0.2, 0.25) is 0 Å². The lowest BCUT2D eigenvalue weighted by atomic mass is 9.90. The number of aryl methyl sites for hydroxylation is 1. The third-order valence-corrected chi connectivity index (χ3v) is 3.41. The molecule has 2 heteroatoms. The molecule has 82 valence electrons. The zero-order valence-corrected chi connectivity index (χ0v) is 9.83. The highest BCUT2D eigenvalue weighted by molar-refractivity contribution is 6.18. The molecular formula is C13H17ClO. The quantitative estimate of drug-likeness (QED) is 0.696. The standard InChI is InChI=1S/C13H17ClO/c1-10-4-2-5-11(8-10)13-12(9-14)6-3-7-15-13/h2,4-5,8,12-13H,3,6-7,9H2,1H3. The highest BCUT2D eigenvalue weighted by Crippen LogP contribution is 2.34. The monoisotopic (exact) mass is 224 g/mol. The number of hydrogen-bond acceptors (Lipinski definition) is 1. The second-order valence-electron chi connectivity index (χ2n) is 4.26. The smallest absolute Gasteiger partial charge is 0.0864 e. The van der Waals surface area contributed by atoms with E-state index in [1.54, 1.807) is 0 Å². The van der Waals surface area contributed by atoms with Crippen molar-refractivity contribution in [2.45, 2.75) is 25.9 Å². The molecule has 1 saturated heterocycles. The van der Waals surface area contributed by atoms with E-state index >= 15 is 0 Å². The van der Waals surface area contributed by atoms with Gasteiger partial charge in [0.15, 0.2) is 0 Å². The number of alkyl halides is 1. The third-order valence-electron chi connectivity index (χ3n) is 3.01. The molecule has 2 rings (SSSR count). The Morgan fingerprint density at radius 1 is 1.47 bits per heavy atom.